The van der Waals surface area contributed by atoms with Crippen LogP contribution in [0, 0.1) is 12.7 Å². The quantitative estimate of drug-likeness (QED) is 0.730. The highest BCUT2D eigenvalue weighted by Crippen LogP contribution is 2.28. The summed E-state index contributed by atoms with van der Waals surface area (Å²) in [5, 5.41) is 3.59. The van der Waals surface area contributed by atoms with Gasteiger partial charge in [-0.15, -0.1) is 0 Å². The van der Waals surface area contributed by atoms with Crippen LogP contribution < -0.4 is 0 Å². The normalized spacial score (nSPS) is 10.5. The average Bonchev–Trinajstić information content (AvgIpc) is 2.57. The van der Waals surface area contributed by atoms with Crippen molar-refractivity contribution in [3.63, 3.8) is 0 Å². The topological polar surface area (TPSA) is 38.9 Å². The highest BCUT2D eigenvalue weighted by Gasteiger charge is 2.12. The number of aryl methyl sites for hydroxylation is 1. The maximum absolute atomic E-state index is 13.0. The summed E-state index contributed by atoms with van der Waals surface area (Å²) in [4.78, 5) is 3.95. The number of rotatable bonds is 1. The van der Waals surface area contributed by atoms with Gasteiger partial charge < -0.3 is 4.52 Å². The third kappa shape index (κ3) is 1.48. The van der Waals surface area contributed by atoms with Crippen molar-refractivity contribution in [2.24, 2.45) is 0 Å². The minimum Gasteiger partial charge on any atom is -0.334 e. The largest absolute Gasteiger partial charge is 0.334 e. The van der Waals surface area contributed by atoms with Gasteiger partial charge in [0.25, 0.3) is 5.89 Å². The standard InChI is InChI=1S/C9H6ClFN2O/c1-5-12-9(14-13-5)6-3-2-4-7(11)8(6)10/h2-4H,1H3. The lowest BCUT2D eigenvalue weighted by Gasteiger charge is -1.98. The molecule has 2 rings (SSSR count). The summed E-state index contributed by atoms with van der Waals surface area (Å²) in [7, 11) is 0. The molecule has 0 aliphatic heterocycles. The van der Waals surface area contributed by atoms with Gasteiger partial charge in [0.1, 0.15) is 5.82 Å². The van der Waals surface area contributed by atoms with Gasteiger partial charge >= 0.3 is 0 Å². The first-order chi connectivity index (χ1) is 6.68. The van der Waals surface area contributed by atoms with Crippen LogP contribution in [-0.4, -0.2) is 10.1 Å². The number of benzene rings is 1. The van der Waals surface area contributed by atoms with Gasteiger partial charge in [0.15, 0.2) is 5.82 Å². The lowest BCUT2D eigenvalue weighted by molar-refractivity contribution is 0.425. The molecule has 1 heterocycles. The van der Waals surface area contributed by atoms with Crippen LogP contribution in [0.4, 0.5) is 4.39 Å². The Kier molecular flexibility index (Phi) is 2.21. The van der Waals surface area contributed by atoms with E-state index in [1.54, 1.807) is 13.0 Å². The number of halogens is 2. The summed E-state index contributed by atoms with van der Waals surface area (Å²) in [5.41, 5.74) is 0.410. The SMILES string of the molecule is Cc1noc(-c2cccc(F)c2Cl)n1. The molecule has 3 nitrogen and oxygen atoms in total. The van der Waals surface area contributed by atoms with Crippen molar-refractivity contribution in [1.82, 2.24) is 10.1 Å². The van der Waals surface area contributed by atoms with Gasteiger partial charge in [0.2, 0.25) is 0 Å². The van der Waals surface area contributed by atoms with Gasteiger partial charge in [-0.2, -0.15) is 4.98 Å². The van der Waals surface area contributed by atoms with E-state index in [0.717, 1.165) is 0 Å². The van der Waals surface area contributed by atoms with Crippen molar-refractivity contribution in [3.05, 3.63) is 34.9 Å². The molecule has 72 valence electrons. The molecule has 2 aromatic rings. The molecule has 0 aliphatic rings. The van der Waals surface area contributed by atoms with Crippen molar-refractivity contribution in [3.8, 4) is 11.5 Å². The third-order valence-electron chi connectivity index (χ3n) is 1.71. The third-order valence-corrected chi connectivity index (χ3v) is 2.09. The van der Waals surface area contributed by atoms with E-state index in [1.807, 2.05) is 0 Å². The molecule has 0 aliphatic carbocycles. The molecule has 5 heteroatoms. The summed E-state index contributed by atoms with van der Waals surface area (Å²) in [6, 6.07) is 4.43. The first-order valence-electron chi connectivity index (χ1n) is 3.93. The Labute approximate surface area is 84.5 Å². The van der Waals surface area contributed by atoms with Crippen molar-refractivity contribution < 1.29 is 8.91 Å². The van der Waals surface area contributed by atoms with E-state index >= 15 is 0 Å². The molecule has 0 atom stereocenters. The number of aromatic nitrogens is 2. The van der Waals surface area contributed by atoms with Crippen LogP contribution in [-0.2, 0) is 0 Å². The summed E-state index contributed by atoms with van der Waals surface area (Å²) in [5.74, 6) is 0.215. The van der Waals surface area contributed by atoms with Gasteiger partial charge in [0, 0.05) is 0 Å². The molecule has 0 amide bonds. The molecule has 0 fully saturated rings. The molecule has 0 saturated heterocycles. The first-order valence-corrected chi connectivity index (χ1v) is 4.31. The second-order valence-electron chi connectivity index (χ2n) is 2.75. The molecular weight excluding hydrogens is 207 g/mol. The van der Waals surface area contributed by atoms with E-state index in [2.05, 4.69) is 10.1 Å². The predicted octanol–water partition coefficient (Wildman–Crippen LogP) is 2.84. The molecular formula is C9H6ClFN2O. The fourth-order valence-corrected chi connectivity index (χ4v) is 1.28. The van der Waals surface area contributed by atoms with E-state index in [4.69, 9.17) is 16.1 Å². The van der Waals surface area contributed by atoms with Gasteiger partial charge in [-0.25, -0.2) is 4.39 Å². The lowest BCUT2D eigenvalue weighted by atomic mass is 10.2. The van der Waals surface area contributed by atoms with Crippen LogP contribution in [0.1, 0.15) is 5.82 Å². The predicted molar refractivity (Wildman–Crippen MR) is 49.4 cm³/mol. The summed E-state index contributed by atoms with van der Waals surface area (Å²) >= 11 is 5.73. The zero-order valence-electron chi connectivity index (χ0n) is 7.29. The summed E-state index contributed by atoms with van der Waals surface area (Å²) < 4.78 is 17.9. The summed E-state index contributed by atoms with van der Waals surface area (Å²) in [6.07, 6.45) is 0. The van der Waals surface area contributed by atoms with E-state index in [1.165, 1.54) is 12.1 Å². The fourth-order valence-electron chi connectivity index (χ4n) is 1.08. The van der Waals surface area contributed by atoms with Crippen LogP contribution in [0.25, 0.3) is 11.5 Å². The summed E-state index contributed by atoms with van der Waals surface area (Å²) in [6.45, 7) is 1.68. The molecule has 0 radical (unpaired) electrons. The Morgan fingerprint density at radius 2 is 2.21 bits per heavy atom. The van der Waals surface area contributed by atoms with E-state index in [0.29, 0.717) is 11.4 Å². The monoisotopic (exact) mass is 212 g/mol. The minimum absolute atomic E-state index is 0.00356. The number of nitrogens with zero attached hydrogens (tertiary/aromatic N) is 2. The van der Waals surface area contributed by atoms with Crippen molar-refractivity contribution in [1.29, 1.82) is 0 Å². The second-order valence-corrected chi connectivity index (χ2v) is 3.13. The van der Waals surface area contributed by atoms with E-state index in [-0.39, 0.29) is 10.9 Å². The zero-order chi connectivity index (χ0) is 10.1. The van der Waals surface area contributed by atoms with Crippen molar-refractivity contribution in [2.45, 2.75) is 6.92 Å². The highest BCUT2D eigenvalue weighted by molar-refractivity contribution is 6.33. The molecule has 1 aromatic carbocycles. The van der Waals surface area contributed by atoms with E-state index in [9.17, 15) is 4.39 Å². The Bertz CT molecular complexity index is 470. The Balaban J connectivity index is 2.57. The van der Waals surface area contributed by atoms with Crippen LogP contribution in [0.2, 0.25) is 5.02 Å². The molecule has 14 heavy (non-hydrogen) atoms. The molecule has 0 bridgehead atoms. The molecule has 1 aromatic heterocycles. The smallest absolute Gasteiger partial charge is 0.259 e. The van der Waals surface area contributed by atoms with E-state index < -0.39 is 5.82 Å². The van der Waals surface area contributed by atoms with Gasteiger partial charge in [-0.3, -0.25) is 0 Å². The van der Waals surface area contributed by atoms with Crippen LogP contribution >= 0.6 is 11.6 Å². The van der Waals surface area contributed by atoms with Crippen LogP contribution in [0.3, 0.4) is 0 Å². The fraction of sp³-hybridized carbons (Fsp3) is 0.111. The first kappa shape index (κ1) is 9.15. The molecule has 0 spiro atoms. The number of hydrogen-bond acceptors (Lipinski definition) is 3. The van der Waals surface area contributed by atoms with Gasteiger partial charge in [-0.05, 0) is 19.1 Å². The second kappa shape index (κ2) is 3.38. The Morgan fingerprint density at radius 1 is 1.43 bits per heavy atom. The zero-order valence-corrected chi connectivity index (χ0v) is 8.05. The van der Waals surface area contributed by atoms with Crippen molar-refractivity contribution in [2.75, 3.05) is 0 Å². The van der Waals surface area contributed by atoms with Crippen LogP contribution in [0.5, 0.6) is 0 Å². The van der Waals surface area contributed by atoms with Gasteiger partial charge in [0.05, 0.1) is 10.6 Å². The highest BCUT2D eigenvalue weighted by atomic mass is 35.5. The van der Waals surface area contributed by atoms with Crippen LogP contribution in [0.15, 0.2) is 22.7 Å². The van der Waals surface area contributed by atoms with Gasteiger partial charge in [-0.1, -0.05) is 22.8 Å². The molecule has 0 N–H and O–H groups in total. The number of hydrogen-bond donors (Lipinski definition) is 0. The van der Waals surface area contributed by atoms with Crippen molar-refractivity contribution >= 4 is 11.6 Å². The lowest BCUT2D eigenvalue weighted by Crippen LogP contribution is -1.83. The maximum Gasteiger partial charge on any atom is 0.259 e. The Morgan fingerprint density at radius 3 is 2.86 bits per heavy atom. The average molecular weight is 213 g/mol. The molecule has 0 unspecified atom stereocenters. The minimum atomic E-state index is -0.500. The maximum atomic E-state index is 13.0. The molecule has 0 saturated carbocycles. The Hall–Kier alpha value is -1.42.